The maximum absolute atomic E-state index is 12.7. The lowest BCUT2D eigenvalue weighted by atomic mass is 9.79. The van der Waals surface area contributed by atoms with Gasteiger partial charge in [-0.15, -0.1) is 0 Å². The van der Waals surface area contributed by atoms with E-state index in [4.69, 9.17) is 5.73 Å². The van der Waals surface area contributed by atoms with Crippen molar-refractivity contribution in [2.45, 2.75) is 64.3 Å². The van der Waals surface area contributed by atoms with Crippen molar-refractivity contribution < 1.29 is 9.59 Å². The van der Waals surface area contributed by atoms with E-state index in [1.807, 2.05) is 11.8 Å². The Morgan fingerprint density at radius 1 is 1.29 bits per heavy atom. The molecule has 1 aliphatic carbocycles. The second-order valence-electron chi connectivity index (χ2n) is 6.72. The molecular formula is C16H29N3O2. The highest BCUT2D eigenvalue weighted by Gasteiger charge is 2.37. The van der Waals surface area contributed by atoms with Gasteiger partial charge < -0.3 is 16.0 Å². The number of amides is 2. The molecule has 1 saturated heterocycles. The predicted octanol–water partition coefficient (Wildman–Crippen LogP) is 1.41. The van der Waals surface area contributed by atoms with E-state index in [0.717, 1.165) is 38.6 Å². The zero-order valence-corrected chi connectivity index (χ0v) is 13.2. The van der Waals surface area contributed by atoms with Gasteiger partial charge in [0.05, 0.1) is 5.41 Å². The van der Waals surface area contributed by atoms with Gasteiger partial charge in [0.1, 0.15) is 0 Å². The van der Waals surface area contributed by atoms with Crippen molar-refractivity contribution in [3.8, 4) is 0 Å². The molecule has 1 heterocycles. The Bertz CT molecular complexity index is 376. The summed E-state index contributed by atoms with van der Waals surface area (Å²) in [5, 5.41) is 3.10. The van der Waals surface area contributed by atoms with E-state index in [2.05, 4.69) is 5.32 Å². The Balaban J connectivity index is 1.90. The SMILES string of the molecule is CC(CN1CCCC1=O)NC(=O)C1(CN)CCCCCC1. The second-order valence-corrected chi connectivity index (χ2v) is 6.72. The third-order valence-corrected chi connectivity index (χ3v) is 4.98. The molecule has 0 aromatic rings. The molecule has 1 unspecified atom stereocenters. The molecule has 21 heavy (non-hydrogen) atoms. The van der Waals surface area contributed by atoms with Crippen molar-refractivity contribution in [3.05, 3.63) is 0 Å². The van der Waals surface area contributed by atoms with Gasteiger partial charge >= 0.3 is 0 Å². The lowest BCUT2D eigenvalue weighted by Crippen LogP contribution is -2.51. The van der Waals surface area contributed by atoms with Crippen LogP contribution >= 0.6 is 0 Å². The zero-order valence-electron chi connectivity index (χ0n) is 13.2. The van der Waals surface area contributed by atoms with Crippen molar-refractivity contribution in [1.82, 2.24) is 10.2 Å². The molecule has 1 aliphatic heterocycles. The predicted molar refractivity (Wildman–Crippen MR) is 82.6 cm³/mol. The van der Waals surface area contributed by atoms with Crippen molar-refractivity contribution in [3.63, 3.8) is 0 Å². The van der Waals surface area contributed by atoms with Gasteiger partial charge in [0.2, 0.25) is 11.8 Å². The van der Waals surface area contributed by atoms with Crippen LogP contribution in [0.15, 0.2) is 0 Å². The highest BCUT2D eigenvalue weighted by Crippen LogP contribution is 2.34. The van der Waals surface area contributed by atoms with Crippen LogP contribution in [-0.2, 0) is 9.59 Å². The summed E-state index contributed by atoms with van der Waals surface area (Å²) in [6, 6.07) is -0.00812. The van der Waals surface area contributed by atoms with Crippen LogP contribution in [0.1, 0.15) is 58.3 Å². The van der Waals surface area contributed by atoms with Gasteiger partial charge in [-0.05, 0) is 26.2 Å². The first-order valence-electron chi connectivity index (χ1n) is 8.36. The Labute approximate surface area is 127 Å². The highest BCUT2D eigenvalue weighted by atomic mass is 16.2. The van der Waals surface area contributed by atoms with Crippen molar-refractivity contribution in [2.24, 2.45) is 11.1 Å². The van der Waals surface area contributed by atoms with Crippen molar-refractivity contribution in [2.75, 3.05) is 19.6 Å². The summed E-state index contributed by atoms with van der Waals surface area (Å²) in [6.45, 7) is 3.84. The summed E-state index contributed by atoms with van der Waals surface area (Å²) in [6.07, 6.45) is 7.95. The van der Waals surface area contributed by atoms with Gasteiger partial charge in [0.25, 0.3) is 0 Å². The minimum Gasteiger partial charge on any atom is -0.351 e. The van der Waals surface area contributed by atoms with Crippen LogP contribution in [0.4, 0.5) is 0 Å². The van der Waals surface area contributed by atoms with Gasteiger partial charge in [-0.1, -0.05) is 25.7 Å². The maximum Gasteiger partial charge on any atom is 0.227 e. The lowest BCUT2D eigenvalue weighted by molar-refractivity contribution is -0.133. The van der Waals surface area contributed by atoms with Crippen LogP contribution in [-0.4, -0.2) is 42.4 Å². The van der Waals surface area contributed by atoms with E-state index in [1.165, 1.54) is 12.8 Å². The van der Waals surface area contributed by atoms with Crippen molar-refractivity contribution >= 4 is 11.8 Å². The van der Waals surface area contributed by atoms with Crippen LogP contribution in [0.3, 0.4) is 0 Å². The summed E-state index contributed by atoms with van der Waals surface area (Å²) >= 11 is 0. The highest BCUT2D eigenvalue weighted by molar-refractivity contribution is 5.83. The first kappa shape index (κ1) is 16.3. The standard InChI is InChI=1S/C16H29N3O2/c1-13(11-19-10-6-7-14(19)20)18-15(21)16(12-17)8-4-2-3-5-9-16/h13H,2-12,17H2,1H3,(H,18,21). The number of rotatable bonds is 5. The van der Waals surface area contributed by atoms with Crippen LogP contribution in [0.25, 0.3) is 0 Å². The Morgan fingerprint density at radius 3 is 2.48 bits per heavy atom. The average molecular weight is 295 g/mol. The molecule has 120 valence electrons. The fraction of sp³-hybridized carbons (Fsp3) is 0.875. The van der Waals surface area contributed by atoms with Crippen molar-refractivity contribution in [1.29, 1.82) is 0 Å². The number of hydrogen-bond acceptors (Lipinski definition) is 3. The fourth-order valence-electron chi connectivity index (χ4n) is 3.58. The molecule has 5 heteroatoms. The van der Waals surface area contributed by atoms with Gasteiger partial charge in [0.15, 0.2) is 0 Å². The molecule has 2 rings (SSSR count). The first-order chi connectivity index (χ1) is 10.1. The van der Waals surface area contributed by atoms with E-state index in [-0.39, 0.29) is 23.3 Å². The zero-order chi connectivity index (χ0) is 15.3. The Morgan fingerprint density at radius 2 is 1.95 bits per heavy atom. The molecule has 0 spiro atoms. The van der Waals surface area contributed by atoms with Crippen LogP contribution in [0, 0.1) is 5.41 Å². The summed E-state index contributed by atoms with van der Waals surface area (Å²) in [5.41, 5.74) is 5.56. The Hall–Kier alpha value is -1.10. The number of carbonyl (C=O) groups excluding carboxylic acids is 2. The molecule has 2 aliphatic rings. The largest absolute Gasteiger partial charge is 0.351 e. The summed E-state index contributed by atoms with van der Waals surface area (Å²) in [5.74, 6) is 0.296. The molecule has 1 atom stereocenters. The molecule has 0 bridgehead atoms. The Kier molecular flexibility index (Phi) is 5.62. The number of nitrogens with zero attached hydrogens (tertiary/aromatic N) is 1. The smallest absolute Gasteiger partial charge is 0.227 e. The minimum atomic E-state index is -0.389. The molecule has 5 nitrogen and oxygen atoms in total. The number of hydrogen-bond donors (Lipinski definition) is 2. The van der Waals surface area contributed by atoms with E-state index >= 15 is 0 Å². The summed E-state index contributed by atoms with van der Waals surface area (Å²) < 4.78 is 0. The molecule has 1 saturated carbocycles. The molecule has 2 amide bonds. The van der Waals surface area contributed by atoms with Crippen LogP contribution < -0.4 is 11.1 Å². The monoisotopic (exact) mass is 295 g/mol. The molecule has 2 fully saturated rings. The third-order valence-electron chi connectivity index (χ3n) is 4.98. The molecule has 0 radical (unpaired) electrons. The lowest BCUT2D eigenvalue weighted by Gasteiger charge is -2.32. The quantitative estimate of drug-likeness (QED) is 0.753. The van der Waals surface area contributed by atoms with Crippen LogP contribution in [0.2, 0.25) is 0 Å². The summed E-state index contributed by atoms with van der Waals surface area (Å²) in [4.78, 5) is 26.2. The van der Waals surface area contributed by atoms with Gasteiger partial charge in [-0.25, -0.2) is 0 Å². The maximum atomic E-state index is 12.7. The number of nitrogens with two attached hydrogens (primary N) is 1. The van der Waals surface area contributed by atoms with E-state index in [0.29, 0.717) is 19.5 Å². The first-order valence-corrected chi connectivity index (χ1v) is 8.36. The molecular weight excluding hydrogens is 266 g/mol. The van der Waals surface area contributed by atoms with Crippen LogP contribution in [0.5, 0.6) is 0 Å². The summed E-state index contributed by atoms with van der Waals surface area (Å²) in [7, 11) is 0. The van der Waals surface area contributed by atoms with Gasteiger partial charge in [-0.3, -0.25) is 9.59 Å². The topological polar surface area (TPSA) is 75.4 Å². The van der Waals surface area contributed by atoms with E-state index in [1.54, 1.807) is 0 Å². The van der Waals surface area contributed by atoms with E-state index < -0.39 is 0 Å². The molecule has 0 aromatic heterocycles. The fourth-order valence-corrected chi connectivity index (χ4v) is 3.58. The average Bonchev–Trinajstić information content (AvgIpc) is 2.73. The number of likely N-dealkylation sites (tertiary alicyclic amines) is 1. The molecule has 3 N–H and O–H groups in total. The number of nitrogens with one attached hydrogen (secondary N) is 1. The van der Waals surface area contributed by atoms with E-state index in [9.17, 15) is 9.59 Å². The van der Waals surface area contributed by atoms with Gasteiger partial charge in [-0.2, -0.15) is 0 Å². The molecule has 0 aromatic carbocycles. The normalized spacial score (nSPS) is 23.7. The van der Waals surface area contributed by atoms with Gasteiger partial charge in [0, 0.05) is 32.1 Å². The number of carbonyl (C=O) groups is 2. The second kappa shape index (κ2) is 7.25. The minimum absolute atomic E-state index is 0.00812. The third kappa shape index (κ3) is 3.96.